The summed E-state index contributed by atoms with van der Waals surface area (Å²) < 4.78 is 5.57. The number of fused-ring (bicyclic) bond motifs is 1. The lowest BCUT2D eigenvalue weighted by atomic mass is 10.1. The molecule has 1 aromatic heterocycles. The summed E-state index contributed by atoms with van der Waals surface area (Å²) in [5.41, 5.74) is 1.31. The van der Waals surface area contributed by atoms with E-state index < -0.39 is 0 Å². The van der Waals surface area contributed by atoms with Crippen molar-refractivity contribution >= 4 is 22.6 Å². The van der Waals surface area contributed by atoms with E-state index in [4.69, 9.17) is 4.74 Å². The number of nitrogens with zero attached hydrogens (tertiary/aromatic N) is 2. The molecule has 2 aromatic carbocycles. The monoisotopic (exact) mass is 317 g/mol. The number of nitrogens with one attached hydrogen (secondary N) is 1. The second-order valence-corrected chi connectivity index (χ2v) is 5.07. The van der Waals surface area contributed by atoms with Gasteiger partial charge >= 0.3 is 0 Å². The standard InChI is InChI=1S/C19H15N3O2/c1-2-24-17-10-6-3-7-13(17)11-14(12-20)18-21-16-9-5-4-8-15(16)19(23)22-18/h3-11H,2H2,1H3,(H,21,22,23)/b14-11+. The van der Waals surface area contributed by atoms with E-state index in [-0.39, 0.29) is 17.0 Å². The fraction of sp³-hybridized carbons (Fsp3) is 0.105. The van der Waals surface area contributed by atoms with E-state index in [9.17, 15) is 10.1 Å². The van der Waals surface area contributed by atoms with Crippen LogP contribution in [0.3, 0.4) is 0 Å². The summed E-state index contributed by atoms with van der Waals surface area (Å²) in [5, 5.41) is 10.00. The Labute approximate surface area is 138 Å². The molecule has 0 spiro atoms. The van der Waals surface area contributed by atoms with Crippen LogP contribution in [0.4, 0.5) is 0 Å². The van der Waals surface area contributed by atoms with Crippen molar-refractivity contribution in [2.24, 2.45) is 0 Å². The molecule has 0 saturated carbocycles. The van der Waals surface area contributed by atoms with Gasteiger partial charge in [0.15, 0.2) is 5.82 Å². The molecule has 0 bridgehead atoms. The van der Waals surface area contributed by atoms with E-state index in [1.165, 1.54) is 0 Å². The molecule has 0 aliphatic heterocycles. The average molecular weight is 317 g/mol. The van der Waals surface area contributed by atoms with E-state index in [1.54, 1.807) is 30.3 Å². The number of aromatic nitrogens is 2. The van der Waals surface area contributed by atoms with Gasteiger partial charge in [0, 0.05) is 5.56 Å². The highest BCUT2D eigenvalue weighted by Gasteiger charge is 2.09. The minimum absolute atomic E-state index is 0.243. The van der Waals surface area contributed by atoms with E-state index in [0.717, 1.165) is 5.56 Å². The van der Waals surface area contributed by atoms with E-state index in [2.05, 4.69) is 16.0 Å². The number of aromatic amines is 1. The molecule has 3 rings (SSSR count). The average Bonchev–Trinajstić information content (AvgIpc) is 2.61. The highest BCUT2D eigenvalue weighted by Crippen LogP contribution is 2.23. The highest BCUT2D eigenvalue weighted by atomic mass is 16.5. The molecule has 0 atom stereocenters. The zero-order valence-corrected chi connectivity index (χ0v) is 13.1. The Morgan fingerprint density at radius 2 is 2.00 bits per heavy atom. The van der Waals surface area contributed by atoms with Crippen molar-refractivity contribution in [1.82, 2.24) is 9.97 Å². The molecule has 0 saturated heterocycles. The first-order valence-corrected chi connectivity index (χ1v) is 7.56. The van der Waals surface area contributed by atoms with Gasteiger partial charge in [-0.15, -0.1) is 0 Å². The number of H-pyrrole nitrogens is 1. The fourth-order valence-corrected chi connectivity index (χ4v) is 2.41. The molecule has 24 heavy (non-hydrogen) atoms. The lowest BCUT2D eigenvalue weighted by molar-refractivity contribution is 0.339. The maximum atomic E-state index is 12.2. The first-order valence-electron chi connectivity index (χ1n) is 7.56. The summed E-state index contributed by atoms with van der Waals surface area (Å²) in [6.07, 6.45) is 1.66. The predicted molar refractivity (Wildman–Crippen MR) is 93.5 cm³/mol. The van der Waals surface area contributed by atoms with Crippen LogP contribution in [0.25, 0.3) is 22.6 Å². The van der Waals surface area contributed by atoms with Gasteiger partial charge in [-0.1, -0.05) is 30.3 Å². The molecule has 118 valence electrons. The van der Waals surface area contributed by atoms with Gasteiger partial charge in [-0.2, -0.15) is 5.26 Å². The second kappa shape index (κ2) is 6.80. The summed E-state index contributed by atoms with van der Waals surface area (Å²) in [6.45, 7) is 2.42. The number of hydrogen-bond donors (Lipinski definition) is 1. The minimum atomic E-state index is -0.269. The maximum absolute atomic E-state index is 12.2. The van der Waals surface area contributed by atoms with Crippen molar-refractivity contribution in [3.63, 3.8) is 0 Å². The molecule has 1 heterocycles. The third kappa shape index (κ3) is 3.03. The van der Waals surface area contributed by atoms with E-state index in [1.807, 2.05) is 31.2 Å². The Morgan fingerprint density at radius 1 is 1.25 bits per heavy atom. The Kier molecular flexibility index (Phi) is 4.39. The molecule has 0 unspecified atom stereocenters. The van der Waals surface area contributed by atoms with Gasteiger partial charge in [0.2, 0.25) is 0 Å². The van der Waals surface area contributed by atoms with Crippen LogP contribution in [-0.2, 0) is 0 Å². The molecule has 0 amide bonds. The summed E-state index contributed by atoms with van der Waals surface area (Å²) in [6, 6.07) is 16.5. The Morgan fingerprint density at radius 3 is 2.79 bits per heavy atom. The number of allylic oxidation sites excluding steroid dienone is 1. The van der Waals surface area contributed by atoms with Gasteiger partial charge in [-0.3, -0.25) is 4.79 Å². The van der Waals surface area contributed by atoms with Gasteiger partial charge in [-0.05, 0) is 31.2 Å². The van der Waals surface area contributed by atoms with Gasteiger partial charge < -0.3 is 9.72 Å². The topological polar surface area (TPSA) is 78.8 Å². The Hall–Kier alpha value is -3.39. The molecule has 0 fully saturated rings. The molecule has 5 heteroatoms. The first kappa shape index (κ1) is 15.5. The molecule has 0 aliphatic rings. The summed E-state index contributed by atoms with van der Waals surface area (Å²) >= 11 is 0. The van der Waals surface area contributed by atoms with Crippen molar-refractivity contribution in [3.05, 3.63) is 70.3 Å². The van der Waals surface area contributed by atoms with Crippen LogP contribution in [0.1, 0.15) is 18.3 Å². The lowest BCUT2D eigenvalue weighted by Gasteiger charge is -2.07. The van der Waals surface area contributed by atoms with Crippen LogP contribution in [0.5, 0.6) is 5.75 Å². The molecule has 0 aliphatic carbocycles. The number of benzene rings is 2. The molecule has 5 nitrogen and oxygen atoms in total. The van der Waals surface area contributed by atoms with Gasteiger partial charge in [-0.25, -0.2) is 4.98 Å². The van der Waals surface area contributed by atoms with Crippen LogP contribution < -0.4 is 10.3 Å². The predicted octanol–water partition coefficient (Wildman–Crippen LogP) is 3.39. The zero-order valence-electron chi connectivity index (χ0n) is 13.1. The largest absolute Gasteiger partial charge is 0.493 e. The third-order valence-electron chi connectivity index (χ3n) is 3.51. The summed E-state index contributed by atoms with van der Waals surface area (Å²) in [7, 11) is 0. The fourth-order valence-electron chi connectivity index (χ4n) is 2.41. The summed E-state index contributed by atoms with van der Waals surface area (Å²) in [4.78, 5) is 19.3. The number of ether oxygens (including phenoxy) is 1. The number of rotatable bonds is 4. The van der Waals surface area contributed by atoms with Crippen molar-refractivity contribution in [3.8, 4) is 11.8 Å². The number of nitriles is 1. The van der Waals surface area contributed by atoms with Crippen molar-refractivity contribution in [1.29, 1.82) is 5.26 Å². The van der Waals surface area contributed by atoms with Crippen LogP contribution >= 0.6 is 0 Å². The first-order chi connectivity index (χ1) is 11.7. The Balaban J connectivity index is 2.13. The van der Waals surface area contributed by atoms with E-state index in [0.29, 0.717) is 23.3 Å². The van der Waals surface area contributed by atoms with Crippen molar-refractivity contribution in [2.45, 2.75) is 6.92 Å². The van der Waals surface area contributed by atoms with Crippen molar-refractivity contribution < 1.29 is 4.74 Å². The van der Waals surface area contributed by atoms with Crippen LogP contribution in [0.2, 0.25) is 0 Å². The van der Waals surface area contributed by atoms with E-state index >= 15 is 0 Å². The van der Waals surface area contributed by atoms with Crippen LogP contribution in [0.15, 0.2) is 53.3 Å². The SMILES string of the molecule is CCOc1ccccc1/C=C(\C#N)c1nc2ccccc2c(=O)[nH]1. The highest BCUT2D eigenvalue weighted by molar-refractivity contribution is 5.90. The molecule has 1 N–H and O–H groups in total. The maximum Gasteiger partial charge on any atom is 0.259 e. The van der Waals surface area contributed by atoms with Gasteiger partial charge in [0.05, 0.1) is 23.1 Å². The molecular formula is C19H15N3O2. The second-order valence-electron chi connectivity index (χ2n) is 5.07. The molecule has 3 aromatic rings. The third-order valence-corrected chi connectivity index (χ3v) is 3.51. The smallest absolute Gasteiger partial charge is 0.259 e. The quantitative estimate of drug-likeness (QED) is 0.748. The minimum Gasteiger partial charge on any atom is -0.493 e. The van der Waals surface area contributed by atoms with Gasteiger partial charge in [0.25, 0.3) is 5.56 Å². The Bertz CT molecular complexity index is 1010. The van der Waals surface area contributed by atoms with Crippen LogP contribution in [0, 0.1) is 11.3 Å². The van der Waals surface area contributed by atoms with Crippen molar-refractivity contribution in [2.75, 3.05) is 6.61 Å². The molecule has 0 radical (unpaired) electrons. The lowest BCUT2D eigenvalue weighted by Crippen LogP contribution is -2.11. The molecular weight excluding hydrogens is 302 g/mol. The summed E-state index contributed by atoms with van der Waals surface area (Å²) in [5.74, 6) is 0.920. The normalized spacial score (nSPS) is 11.2. The number of para-hydroxylation sites is 2. The van der Waals surface area contributed by atoms with Gasteiger partial charge in [0.1, 0.15) is 11.8 Å². The zero-order chi connectivity index (χ0) is 16.9. The van der Waals surface area contributed by atoms with Crippen LogP contribution in [-0.4, -0.2) is 16.6 Å². The number of hydrogen-bond acceptors (Lipinski definition) is 4.